The molecule has 4 rings (SSSR count). The second-order valence-corrected chi connectivity index (χ2v) is 11.1. The number of carbonyl (C=O) groups excluding carboxylic acids is 1. The van der Waals surface area contributed by atoms with E-state index in [0.29, 0.717) is 27.8 Å². The standard InChI is InChI=1S/C26H32ClN5O2/c1-16-8-10-32(11-9-16)24-29-14-18(15-30-24)21(33)31-22-25(2,3)23(26(22,4)5)34-19-7-6-17(13-28)20(27)12-19/h6-7,12,14-16,22-23H,8-11H2,1-5H3,(H,31,33). The van der Waals surface area contributed by atoms with Gasteiger partial charge in [-0.05, 0) is 30.9 Å². The lowest BCUT2D eigenvalue weighted by Gasteiger charge is -2.63. The summed E-state index contributed by atoms with van der Waals surface area (Å²) in [4.78, 5) is 24.1. The Morgan fingerprint density at radius 1 is 1.18 bits per heavy atom. The third-order valence-electron chi connectivity index (χ3n) is 7.40. The third kappa shape index (κ3) is 4.44. The van der Waals surface area contributed by atoms with Gasteiger partial charge in [0.25, 0.3) is 5.91 Å². The summed E-state index contributed by atoms with van der Waals surface area (Å²) in [6.45, 7) is 12.5. The summed E-state index contributed by atoms with van der Waals surface area (Å²) in [6, 6.07) is 7.02. The minimum absolute atomic E-state index is 0.116. The molecule has 2 aromatic rings. The third-order valence-corrected chi connectivity index (χ3v) is 7.71. The first-order chi connectivity index (χ1) is 16.0. The van der Waals surface area contributed by atoms with Gasteiger partial charge in [-0.1, -0.05) is 46.2 Å². The van der Waals surface area contributed by atoms with Crippen molar-refractivity contribution in [2.24, 2.45) is 16.7 Å². The van der Waals surface area contributed by atoms with E-state index in [4.69, 9.17) is 21.6 Å². The average molecular weight is 482 g/mol. The van der Waals surface area contributed by atoms with Gasteiger partial charge in [-0.3, -0.25) is 4.79 Å². The van der Waals surface area contributed by atoms with Gasteiger partial charge in [0.05, 0.1) is 16.1 Å². The van der Waals surface area contributed by atoms with Crippen LogP contribution in [-0.2, 0) is 0 Å². The van der Waals surface area contributed by atoms with Crippen molar-refractivity contribution in [3.8, 4) is 11.8 Å². The molecular formula is C26H32ClN5O2. The molecule has 180 valence electrons. The van der Waals surface area contributed by atoms with Crippen LogP contribution in [0.4, 0.5) is 5.95 Å². The maximum atomic E-state index is 13.0. The van der Waals surface area contributed by atoms with Crippen LogP contribution >= 0.6 is 11.6 Å². The lowest BCUT2D eigenvalue weighted by Crippen LogP contribution is -2.74. The molecule has 0 unspecified atom stereocenters. The number of rotatable bonds is 5. The van der Waals surface area contributed by atoms with E-state index >= 15 is 0 Å². The summed E-state index contributed by atoms with van der Waals surface area (Å²) in [5, 5.41) is 12.6. The number of piperidine rings is 1. The van der Waals surface area contributed by atoms with Crippen LogP contribution in [-0.4, -0.2) is 41.1 Å². The molecule has 1 saturated heterocycles. The zero-order valence-electron chi connectivity index (χ0n) is 20.4. The molecule has 1 aliphatic heterocycles. The largest absolute Gasteiger partial charge is 0.489 e. The van der Waals surface area contributed by atoms with Crippen molar-refractivity contribution in [2.75, 3.05) is 18.0 Å². The average Bonchev–Trinajstić information content (AvgIpc) is 2.81. The number of nitriles is 1. The Morgan fingerprint density at radius 3 is 2.35 bits per heavy atom. The van der Waals surface area contributed by atoms with Crippen molar-refractivity contribution in [1.82, 2.24) is 15.3 Å². The van der Waals surface area contributed by atoms with Crippen molar-refractivity contribution in [2.45, 2.75) is 59.6 Å². The van der Waals surface area contributed by atoms with E-state index in [0.717, 1.165) is 31.8 Å². The minimum Gasteiger partial charge on any atom is -0.489 e. The summed E-state index contributed by atoms with van der Waals surface area (Å²) in [7, 11) is 0. The highest BCUT2D eigenvalue weighted by Crippen LogP contribution is 2.55. The predicted octanol–water partition coefficient (Wildman–Crippen LogP) is 4.85. The van der Waals surface area contributed by atoms with Gasteiger partial charge in [-0.2, -0.15) is 5.26 Å². The predicted molar refractivity (Wildman–Crippen MR) is 132 cm³/mol. The molecule has 1 saturated carbocycles. The van der Waals surface area contributed by atoms with E-state index in [1.165, 1.54) is 0 Å². The lowest BCUT2D eigenvalue weighted by molar-refractivity contribution is -0.164. The number of ether oxygens (including phenoxy) is 1. The second kappa shape index (κ2) is 9.07. The maximum absolute atomic E-state index is 13.0. The van der Waals surface area contributed by atoms with E-state index in [9.17, 15) is 4.79 Å². The van der Waals surface area contributed by atoms with Crippen molar-refractivity contribution in [3.63, 3.8) is 0 Å². The van der Waals surface area contributed by atoms with Gasteiger partial charge in [0.1, 0.15) is 17.9 Å². The fourth-order valence-corrected chi connectivity index (χ4v) is 5.83. The highest BCUT2D eigenvalue weighted by Gasteiger charge is 2.64. The number of hydrogen-bond donors (Lipinski definition) is 1. The van der Waals surface area contributed by atoms with E-state index in [-0.39, 0.29) is 28.9 Å². The molecule has 2 heterocycles. The number of amides is 1. The Balaban J connectivity index is 1.42. The Bertz CT molecular complexity index is 1090. The Morgan fingerprint density at radius 2 is 1.79 bits per heavy atom. The number of carbonyl (C=O) groups is 1. The highest BCUT2D eigenvalue weighted by atomic mass is 35.5. The van der Waals surface area contributed by atoms with E-state index in [1.807, 2.05) is 0 Å². The molecule has 7 nitrogen and oxygen atoms in total. The number of nitrogens with one attached hydrogen (secondary N) is 1. The van der Waals surface area contributed by atoms with Crippen molar-refractivity contribution >= 4 is 23.5 Å². The topological polar surface area (TPSA) is 91.1 Å². The summed E-state index contributed by atoms with van der Waals surface area (Å²) in [5.74, 6) is 1.83. The Labute approximate surface area is 206 Å². The number of halogens is 1. The summed E-state index contributed by atoms with van der Waals surface area (Å²) in [6.07, 6.45) is 5.34. The first kappa shape index (κ1) is 24.3. The monoisotopic (exact) mass is 481 g/mol. The molecular weight excluding hydrogens is 450 g/mol. The van der Waals surface area contributed by atoms with Crippen LogP contribution in [0.25, 0.3) is 0 Å². The molecule has 2 fully saturated rings. The van der Waals surface area contributed by atoms with Gasteiger partial charge < -0.3 is 15.0 Å². The molecule has 1 aromatic heterocycles. The number of nitrogens with zero attached hydrogens (tertiary/aromatic N) is 4. The van der Waals surface area contributed by atoms with Gasteiger partial charge >= 0.3 is 0 Å². The molecule has 0 radical (unpaired) electrons. The van der Waals surface area contributed by atoms with Crippen molar-refractivity contribution in [1.29, 1.82) is 5.26 Å². The quantitative estimate of drug-likeness (QED) is 0.656. The van der Waals surface area contributed by atoms with E-state index in [2.05, 4.69) is 60.9 Å². The van der Waals surface area contributed by atoms with E-state index < -0.39 is 0 Å². The van der Waals surface area contributed by atoms with Crippen LogP contribution in [0.3, 0.4) is 0 Å². The molecule has 0 spiro atoms. The fourth-order valence-electron chi connectivity index (χ4n) is 5.62. The second-order valence-electron chi connectivity index (χ2n) is 10.7. The fraction of sp³-hybridized carbons (Fsp3) is 0.538. The molecule has 0 atom stereocenters. The molecule has 1 aliphatic carbocycles. The molecule has 2 aliphatic rings. The molecule has 1 amide bonds. The first-order valence-electron chi connectivity index (χ1n) is 11.8. The van der Waals surface area contributed by atoms with Gasteiger partial charge in [0.2, 0.25) is 5.95 Å². The number of hydrogen-bond acceptors (Lipinski definition) is 6. The smallest absolute Gasteiger partial charge is 0.254 e. The van der Waals surface area contributed by atoms with Crippen LogP contribution in [0.15, 0.2) is 30.6 Å². The first-order valence-corrected chi connectivity index (χ1v) is 12.2. The molecule has 34 heavy (non-hydrogen) atoms. The van der Waals surface area contributed by atoms with Gasteiger partial charge in [-0.15, -0.1) is 0 Å². The van der Waals surface area contributed by atoms with Crippen molar-refractivity contribution in [3.05, 3.63) is 46.7 Å². The van der Waals surface area contributed by atoms with Gasteiger partial charge in [-0.25, -0.2) is 9.97 Å². The van der Waals surface area contributed by atoms with Crippen LogP contribution in [0.2, 0.25) is 5.02 Å². The van der Waals surface area contributed by atoms with Crippen molar-refractivity contribution < 1.29 is 9.53 Å². The van der Waals surface area contributed by atoms with Crippen LogP contribution in [0.1, 0.15) is 63.4 Å². The SMILES string of the molecule is CC1CCN(c2ncc(C(=O)NC3C(C)(C)C(Oc4ccc(C#N)c(Cl)c4)C3(C)C)cn2)CC1. The van der Waals surface area contributed by atoms with E-state index in [1.54, 1.807) is 30.6 Å². The lowest BCUT2D eigenvalue weighted by atomic mass is 9.49. The highest BCUT2D eigenvalue weighted by molar-refractivity contribution is 6.31. The summed E-state index contributed by atoms with van der Waals surface area (Å²) < 4.78 is 6.29. The zero-order valence-corrected chi connectivity index (χ0v) is 21.2. The molecule has 8 heteroatoms. The maximum Gasteiger partial charge on any atom is 0.254 e. The zero-order chi connectivity index (χ0) is 24.7. The summed E-state index contributed by atoms with van der Waals surface area (Å²) in [5.41, 5.74) is 0.202. The Hall–Kier alpha value is -2.85. The number of anilines is 1. The summed E-state index contributed by atoms with van der Waals surface area (Å²) >= 11 is 6.17. The van der Waals surface area contributed by atoms with Gasteiger partial charge in [0, 0.05) is 48.4 Å². The number of benzene rings is 1. The molecule has 0 bridgehead atoms. The number of aromatic nitrogens is 2. The van der Waals surface area contributed by atoms with Gasteiger partial charge in [0.15, 0.2) is 0 Å². The molecule has 1 N–H and O–H groups in total. The van der Waals surface area contributed by atoms with Crippen LogP contribution in [0, 0.1) is 28.1 Å². The minimum atomic E-state index is -0.329. The Kier molecular flexibility index (Phi) is 6.48. The van der Waals surface area contributed by atoms with Crippen LogP contribution in [0.5, 0.6) is 5.75 Å². The van der Waals surface area contributed by atoms with Crippen LogP contribution < -0.4 is 15.0 Å². The normalized spacial score (nSPS) is 23.5. The molecule has 1 aromatic carbocycles.